The molecule has 0 amide bonds. The van der Waals surface area contributed by atoms with Gasteiger partial charge in [-0.1, -0.05) is 6.92 Å². The second-order valence-corrected chi connectivity index (χ2v) is 3.81. The minimum absolute atomic E-state index is 0.0908. The fourth-order valence-corrected chi connectivity index (χ4v) is 1.40. The molecule has 0 heterocycles. The number of hydrogen-bond donors (Lipinski definition) is 1. The predicted molar refractivity (Wildman–Crippen MR) is 58.4 cm³/mol. The number of Topliss-reactive ketones (excluding diaryl/α,β-unsaturated/α-hetero) is 1. The zero-order chi connectivity index (χ0) is 11.4. The standard InChI is InChI=1S/C12H16FNO/c1-3-11(14)7-12(15)9-4-8(2)5-10(13)6-9/h4-6,11H,3,7,14H2,1-2H3. The van der Waals surface area contributed by atoms with Crippen LogP contribution in [0.5, 0.6) is 0 Å². The van der Waals surface area contributed by atoms with Crippen LogP contribution in [0.15, 0.2) is 18.2 Å². The van der Waals surface area contributed by atoms with Crippen LogP contribution in [-0.4, -0.2) is 11.8 Å². The highest BCUT2D eigenvalue weighted by molar-refractivity contribution is 5.96. The van der Waals surface area contributed by atoms with Crippen molar-refractivity contribution in [2.45, 2.75) is 32.7 Å². The van der Waals surface area contributed by atoms with E-state index in [0.29, 0.717) is 5.56 Å². The molecule has 1 rings (SSSR count). The average Bonchev–Trinajstić information content (AvgIpc) is 2.16. The molecule has 1 aromatic rings. The number of aryl methyl sites for hydroxylation is 1. The van der Waals surface area contributed by atoms with Gasteiger partial charge in [-0.05, 0) is 37.1 Å². The summed E-state index contributed by atoms with van der Waals surface area (Å²) >= 11 is 0. The quantitative estimate of drug-likeness (QED) is 0.774. The van der Waals surface area contributed by atoms with Crippen LogP contribution in [0.3, 0.4) is 0 Å². The SMILES string of the molecule is CCC(N)CC(=O)c1cc(C)cc(F)c1. The Morgan fingerprint density at radius 1 is 1.47 bits per heavy atom. The minimum Gasteiger partial charge on any atom is -0.327 e. The monoisotopic (exact) mass is 209 g/mol. The van der Waals surface area contributed by atoms with Gasteiger partial charge in [-0.25, -0.2) is 4.39 Å². The topological polar surface area (TPSA) is 43.1 Å². The summed E-state index contributed by atoms with van der Waals surface area (Å²) in [6, 6.07) is 4.21. The van der Waals surface area contributed by atoms with E-state index in [-0.39, 0.29) is 24.1 Å². The van der Waals surface area contributed by atoms with Gasteiger partial charge in [0, 0.05) is 18.0 Å². The van der Waals surface area contributed by atoms with Gasteiger partial charge in [-0.3, -0.25) is 4.79 Å². The average molecular weight is 209 g/mol. The number of ketones is 1. The van der Waals surface area contributed by atoms with Gasteiger partial charge >= 0.3 is 0 Å². The highest BCUT2D eigenvalue weighted by atomic mass is 19.1. The molecule has 1 unspecified atom stereocenters. The van der Waals surface area contributed by atoms with E-state index in [1.165, 1.54) is 12.1 Å². The lowest BCUT2D eigenvalue weighted by atomic mass is 10.0. The summed E-state index contributed by atoms with van der Waals surface area (Å²) in [7, 11) is 0. The summed E-state index contributed by atoms with van der Waals surface area (Å²) in [4.78, 5) is 11.7. The number of carbonyl (C=O) groups excluding carboxylic acids is 1. The van der Waals surface area contributed by atoms with E-state index in [0.717, 1.165) is 12.0 Å². The zero-order valence-corrected chi connectivity index (χ0v) is 9.09. The molecule has 2 N–H and O–H groups in total. The Balaban J connectivity index is 2.82. The molecule has 2 nitrogen and oxygen atoms in total. The van der Waals surface area contributed by atoms with Gasteiger partial charge in [-0.2, -0.15) is 0 Å². The van der Waals surface area contributed by atoms with E-state index < -0.39 is 0 Å². The summed E-state index contributed by atoms with van der Waals surface area (Å²) in [6.07, 6.45) is 1.03. The van der Waals surface area contributed by atoms with Crippen molar-refractivity contribution in [2.24, 2.45) is 5.73 Å². The van der Waals surface area contributed by atoms with Gasteiger partial charge in [-0.15, -0.1) is 0 Å². The highest BCUT2D eigenvalue weighted by Crippen LogP contribution is 2.11. The van der Waals surface area contributed by atoms with Crippen molar-refractivity contribution < 1.29 is 9.18 Å². The van der Waals surface area contributed by atoms with Gasteiger partial charge < -0.3 is 5.73 Å². The van der Waals surface area contributed by atoms with Gasteiger partial charge in [0.1, 0.15) is 5.82 Å². The van der Waals surface area contributed by atoms with Crippen LogP contribution < -0.4 is 5.73 Å². The van der Waals surface area contributed by atoms with E-state index in [4.69, 9.17) is 5.73 Å². The van der Waals surface area contributed by atoms with Gasteiger partial charge in [0.2, 0.25) is 0 Å². The normalized spacial score (nSPS) is 12.5. The molecule has 0 bridgehead atoms. The maximum absolute atomic E-state index is 13.0. The predicted octanol–water partition coefficient (Wildman–Crippen LogP) is 2.44. The summed E-state index contributed by atoms with van der Waals surface area (Å²) in [5.41, 5.74) is 6.84. The summed E-state index contributed by atoms with van der Waals surface area (Å²) < 4.78 is 13.0. The summed E-state index contributed by atoms with van der Waals surface area (Å²) in [6.45, 7) is 3.69. The van der Waals surface area contributed by atoms with Crippen LogP contribution in [0.25, 0.3) is 0 Å². The molecule has 1 aromatic carbocycles. The molecule has 0 aliphatic carbocycles. The molecule has 15 heavy (non-hydrogen) atoms. The number of halogens is 1. The van der Waals surface area contributed by atoms with E-state index in [2.05, 4.69) is 0 Å². The van der Waals surface area contributed by atoms with Crippen molar-refractivity contribution in [1.82, 2.24) is 0 Å². The molecule has 0 saturated heterocycles. The second-order valence-electron chi connectivity index (χ2n) is 3.81. The Morgan fingerprint density at radius 2 is 2.13 bits per heavy atom. The Bertz CT molecular complexity index is 342. The van der Waals surface area contributed by atoms with Crippen LogP contribution in [-0.2, 0) is 0 Å². The summed E-state index contributed by atoms with van der Waals surface area (Å²) in [5, 5.41) is 0. The van der Waals surface area contributed by atoms with Gasteiger partial charge in [0.05, 0.1) is 0 Å². The van der Waals surface area contributed by atoms with Crippen LogP contribution in [0, 0.1) is 12.7 Å². The second kappa shape index (κ2) is 5.03. The third kappa shape index (κ3) is 3.44. The van der Waals surface area contributed by atoms with E-state index in [9.17, 15) is 9.18 Å². The van der Waals surface area contributed by atoms with E-state index >= 15 is 0 Å². The van der Waals surface area contributed by atoms with Gasteiger partial charge in [0.15, 0.2) is 5.78 Å². The lowest BCUT2D eigenvalue weighted by molar-refractivity contribution is 0.0973. The minimum atomic E-state index is -0.372. The highest BCUT2D eigenvalue weighted by Gasteiger charge is 2.11. The first kappa shape index (κ1) is 11.9. The lowest BCUT2D eigenvalue weighted by Gasteiger charge is -2.08. The first-order valence-corrected chi connectivity index (χ1v) is 5.09. The number of hydrogen-bond acceptors (Lipinski definition) is 2. The maximum atomic E-state index is 13.0. The summed E-state index contributed by atoms with van der Waals surface area (Å²) in [5.74, 6) is -0.463. The van der Waals surface area contributed by atoms with Crippen LogP contribution in [0.1, 0.15) is 35.7 Å². The third-order valence-electron chi connectivity index (χ3n) is 2.34. The Morgan fingerprint density at radius 3 is 2.67 bits per heavy atom. The van der Waals surface area contributed by atoms with Crippen molar-refractivity contribution in [1.29, 1.82) is 0 Å². The molecule has 0 aromatic heterocycles. The lowest BCUT2D eigenvalue weighted by Crippen LogP contribution is -2.22. The number of benzene rings is 1. The van der Waals surface area contributed by atoms with Crippen molar-refractivity contribution >= 4 is 5.78 Å². The molecule has 0 spiro atoms. The molecule has 82 valence electrons. The van der Waals surface area contributed by atoms with Crippen LogP contribution in [0.2, 0.25) is 0 Å². The molecule has 0 aliphatic rings. The van der Waals surface area contributed by atoms with Crippen LogP contribution in [0.4, 0.5) is 4.39 Å². The molecule has 0 radical (unpaired) electrons. The number of nitrogens with two attached hydrogens (primary N) is 1. The zero-order valence-electron chi connectivity index (χ0n) is 9.09. The number of rotatable bonds is 4. The number of carbonyl (C=O) groups is 1. The van der Waals surface area contributed by atoms with E-state index in [1.807, 2.05) is 6.92 Å². The van der Waals surface area contributed by atoms with E-state index in [1.54, 1.807) is 13.0 Å². The molecule has 0 aliphatic heterocycles. The largest absolute Gasteiger partial charge is 0.327 e. The Labute approximate surface area is 89.3 Å². The molecular weight excluding hydrogens is 193 g/mol. The Hall–Kier alpha value is -1.22. The van der Waals surface area contributed by atoms with Crippen molar-refractivity contribution in [3.63, 3.8) is 0 Å². The Kier molecular flexibility index (Phi) is 3.97. The van der Waals surface area contributed by atoms with Crippen LogP contribution >= 0.6 is 0 Å². The van der Waals surface area contributed by atoms with Gasteiger partial charge in [0.25, 0.3) is 0 Å². The molecule has 1 atom stereocenters. The van der Waals surface area contributed by atoms with Crippen molar-refractivity contribution in [3.05, 3.63) is 35.1 Å². The molecule has 0 saturated carbocycles. The molecule has 3 heteroatoms. The first-order valence-electron chi connectivity index (χ1n) is 5.09. The van der Waals surface area contributed by atoms with Crippen molar-refractivity contribution in [3.8, 4) is 0 Å². The molecular formula is C12H16FNO. The smallest absolute Gasteiger partial charge is 0.164 e. The fraction of sp³-hybridized carbons (Fsp3) is 0.417. The first-order chi connectivity index (χ1) is 7.02. The van der Waals surface area contributed by atoms with Crippen molar-refractivity contribution in [2.75, 3.05) is 0 Å². The maximum Gasteiger partial charge on any atom is 0.164 e. The fourth-order valence-electron chi connectivity index (χ4n) is 1.40. The third-order valence-corrected chi connectivity index (χ3v) is 2.34. The molecule has 0 fully saturated rings.